The van der Waals surface area contributed by atoms with Crippen molar-refractivity contribution in [1.29, 1.82) is 0 Å². The summed E-state index contributed by atoms with van der Waals surface area (Å²) in [6.07, 6.45) is 0.442. The molecule has 1 fully saturated rings. The molecule has 2 aromatic carbocycles. The Morgan fingerprint density at radius 2 is 2.03 bits per heavy atom. The number of aliphatic carboxylic acids is 1. The Balaban J connectivity index is 1.79. The number of benzene rings is 2. The zero-order chi connectivity index (χ0) is 25.7. The number of carboxylic acid groups (broad SMARTS) is 1. The molecular formula is C22H19N3O8S2. The molecule has 11 nitrogen and oxygen atoms in total. The van der Waals surface area contributed by atoms with E-state index in [4.69, 9.17) is 26.8 Å². The first-order valence-electron chi connectivity index (χ1n) is 10.1. The number of hydrazine groups is 1. The van der Waals surface area contributed by atoms with Crippen LogP contribution in [0.5, 0.6) is 11.5 Å². The third-order valence-corrected chi connectivity index (χ3v) is 5.85. The van der Waals surface area contributed by atoms with E-state index in [2.05, 4.69) is 5.43 Å². The molecule has 2 aromatic rings. The quantitative estimate of drug-likeness (QED) is 0.219. The summed E-state index contributed by atoms with van der Waals surface area (Å²) < 4.78 is 11.0. The summed E-state index contributed by atoms with van der Waals surface area (Å²) >= 11 is 6.17. The Bertz CT molecular complexity index is 1250. The normalized spacial score (nSPS) is 15.1. The lowest BCUT2D eigenvalue weighted by molar-refractivity contribution is -0.384. The van der Waals surface area contributed by atoms with Gasteiger partial charge in [-0.05, 0) is 55.9 Å². The highest BCUT2D eigenvalue weighted by molar-refractivity contribution is 8.26. The van der Waals surface area contributed by atoms with Crippen LogP contribution in [0, 0.1) is 10.1 Å². The number of nitro benzene ring substituents is 1. The van der Waals surface area contributed by atoms with Crippen LogP contribution >= 0.6 is 24.0 Å². The molecule has 1 unspecified atom stereocenters. The predicted molar refractivity (Wildman–Crippen MR) is 131 cm³/mol. The Morgan fingerprint density at radius 1 is 1.29 bits per heavy atom. The minimum atomic E-state index is -1.13. The number of nitrogens with one attached hydrogen (secondary N) is 1. The molecule has 1 heterocycles. The number of carbonyl (C=O) groups excluding carboxylic acids is 2. The van der Waals surface area contributed by atoms with Crippen molar-refractivity contribution >= 4 is 57.8 Å². The molecule has 0 saturated carbocycles. The number of ether oxygens (including phenoxy) is 2. The van der Waals surface area contributed by atoms with Gasteiger partial charge in [-0.1, -0.05) is 23.9 Å². The van der Waals surface area contributed by atoms with E-state index in [0.717, 1.165) is 22.8 Å². The van der Waals surface area contributed by atoms with Crippen molar-refractivity contribution in [3.05, 3.63) is 68.6 Å². The standard InChI is InChI=1S/C22H19N3O8S2/c1-3-32-17-9-13(7-8-16(17)33-12(2)21(28)29)10-18-20(27)24(22(34)35-18)23-19(26)14-5-4-6-15(11-14)25(30)31/h4-12H,3H2,1-2H3,(H,23,26)(H,28,29)/b18-10+. The first kappa shape index (κ1) is 25.6. The number of rotatable bonds is 9. The van der Waals surface area contributed by atoms with E-state index < -0.39 is 28.8 Å². The Kier molecular flexibility index (Phi) is 8.04. The average molecular weight is 518 g/mol. The molecule has 2 N–H and O–H groups in total. The van der Waals surface area contributed by atoms with Crippen LogP contribution < -0.4 is 14.9 Å². The number of carboxylic acids is 1. The van der Waals surface area contributed by atoms with E-state index in [-0.39, 0.29) is 26.2 Å². The maximum atomic E-state index is 12.9. The van der Waals surface area contributed by atoms with E-state index in [0.29, 0.717) is 17.9 Å². The fourth-order valence-electron chi connectivity index (χ4n) is 2.86. The number of thiocarbonyl (C=S) groups is 1. The summed E-state index contributed by atoms with van der Waals surface area (Å²) in [5.74, 6) is -1.93. The van der Waals surface area contributed by atoms with Gasteiger partial charge in [-0.3, -0.25) is 25.1 Å². The van der Waals surface area contributed by atoms with Crippen molar-refractivity contribution < 1.29 is 33.9 Å². The number of non-ortho nitro benzene ring substituents is 1. The number of nitro groups is 1. The zero-order valence-corrected chi connectivity index (χ0v) is 20.1. The molecule has 1 aliphatic heterocycles. The highest BCUT2D eigenvalue weighted by Crippen LogP contribution is 2.34. The van der Waals surface area contributed by atoms with Gasteiger partial charge in [0.2, 0.25) is 0 Å². The van der Waals surface area contributed by atoms with Crippen LogP contribution in [-0.4, -0.2) is 49.9 Å². The van der Waals surface area contributed by atoms with Crippen LogP contribution in [0.25, 0.3) is 6.08 Å². The summed E-state index contributed by atoms with van der Waals surface area (Å²) in [6.45, 7) is 3.44. The van der Waals surface area contributed by atoms with E-state index in [9.17, 15) is 24.5 Å². The van der Waals surface area contributed by atoms with Gasteiger partial charge in [0, 0.05) is 17.7 Å². The highest BCUT2D eigenvalue weighted by atomic mass is 32.2. The van der Waals surface area contributed by atoms with Crippen LogP contribution in [-0.2, 0) is 9.59 Å². The van der Waals surface area contributed by atoms with Crippen LogP contribution in [0.1, 0.15) is 29.8 Å². The number of carbonyl (C=O) groups is 3. The predicted octanol–water partition coefficient (Wildman–Crippen LogP) is 3.39. The van der Waals surface area contributed by atoms with Crippen LogP contribution in [0.15, 0.2) is 47.4 Å². The minimum absolute atomic E-state index is 0.00948. The second kappa shape index (κ2) is 11.0. The largest absolute Gasteiger partial charge is 0.490 e. The van der Waals surface area contributed by atoms with Crippen LogP contribution in [0.4, 0.5) is 5.69 Å². The second-order valence-corrected chi connectivity index (χ2v) is 8.68. The number of amides is 2. The molecule has 3 rings (SSSR count). The molecule has 182 valence electrons. The van der Waals surface area contributed by atoms with E-state index in [1.165, 1.54) is 37.3 Å². The lowest BCUT2D eigenvalue weighted by Gasteiger charge is -2.16. The molecular weight excluding hydrogens is 498 g/mol. The van der Waals surface area contributed by atoms with Crippen LogP contribution in [0.2, 0.25) is 0 Å². The monoisotopic (exact) mass is 517 g/mol. The van der Waals surface area contributed by atoms with Gasteiger partial charge >= 0.3 is 5.97 Å². The molecule has 1 saturated heterocycles. The van der Waals surface area contributed by atoms with Crippen molar-refractivity contribution in [2.75, 3.05) is 6.61 Å². The van der Waals surface area contributed by atoms with Gasteiger partial charge in [-0.25, -0.2) is 4.79 Å². The summed E-state index contributed by atoms with van der Waals surface area (Å²) in [6, 6.07) is 9.79. The zero-order valence-electron chi connectivity index (χ0n) is 18.4. The number of thioether (sulfide) groups is 1. The van der Waals surface area contributed by atoms with Gasteiger partial charge in [0.25, 0.3) is 17.5 Å². The average Bonchev–Trinajstić information content (AvgIpc) is 3.08. The first-order valence-corrected chi connectivity index (χ1v) is 11.3. The van der Waals surface area contributed by atoms with E-state index >= 15 is 0 Å². The van der Waals surface area contributed by atoms with Gasteiger partial charge in [0.15, 0.2) is 21.9 Å². The molecule has 1 atom stereocenters. The Labute approximate surface area is 208 Å². The molecule has 2 amide bonds. The van der Waals surface area contributed by atoms with Gasteiger partial charge in [-0.2, -0.15) is 5.01 Å². The summed E-state index contributed by atoms with van der Waals surface area (Å²) in [5.41, 5.74) is 2.64. The molecule has 0 aromatic heterocycles. The third kappa shape index (κ3) is 6.13. The number of nitrogens with zero attached hydrogens (tertiary/aromatic N) is 2. The van der Waals surface area contributed by atoms with Gasteiger partial charge in [-0.15, -0.1) is 0 Å². The Hall–Kier alpha value is -3.97. The van der Waals surface area contributed by atoms with Gasteiger partial charge in [0.1, 0.15) is 0 Å². The third-order valence-electron chi connectivity index (χ3n) is 4.54. The van der Waals surface area contributed by atoms with Gasteiger partial charge < -0.3 is 14.6 Å². The van der Waals surface area contributed by atoms with Crippen molar-refractivity contribution in [3.63, 3.8) is 0 Å². The minimum Gasteiger partial charge on any atom is -0.490 e. The molecule has 35 heavy (non-hydrogen) atoms. The maximum Gasteiger partial charge on any atom is 0.344 e. The molecule has 0 radical (unpaired) electrons. The lowest BCUT2D eigenvalue weighted by atomic mass is 10.2. The van der Waals surface area contributed by atoms with Crippen molar-refractivity contribution in [2.45, 2.75) is 20.0 Å². The van der Waals surface area contributed by atoms with Crippen molar-refractivity contribution in [1.82, 2.24) is 10.4 Å². The second-order valence-electron chi connectivity index (χ2n) is 7.00. The Morgan fingerprint density at radius 3 is 2.69 bits per heavy atom. The van der Waals surface area contributed by atoms with Crippen molar-refractivity contribution in [3.8, 4) is 11.5 Å². The maximum absolute atomic E-state index is 12.9. The topological polar surface area (TPSA) is 148 Å². The summed E-state index contributed by atoms with van der Waals surface area (Å²) in [7, 11) is 0. The van der Waals surface area contributed by atoms with Crippen LogP contribution in [0.3, 0.4) is 0 Å². The lowest BCUT2D eigenvalue weighted by Crippen LogP contribution is -2.44. The van der Waals surface area contributed by atoms with Crippen molar-refractivity contribution in [2.24, 2.45) is 0 Å². The molecule has 13 heteroatoms. The smallest absolute Gasteiger partial charge is 0.344 e. The fraction of sp³-hybridized carbons (Fsp3) is 0.182. The van der Waals surface area contributed by atoms with Gasteiger partial charge in [0.05, 0.1) is 16.4 Å². The highest BCUT2D eigenvalue weighted by Gasteiger charge is 2.34. The molecule has 0 spiro atoms. The van der Waals surface area contributed by atoms with E-state index in [1.54, 1.807) is 19.1 Å². The first-order chi connectivity index (χ1) is 16.6. The fourth-order valence-corrected chi connectivity index (χ4v) is 4.04. The van der Waals surface area contributed by atoms with E-state index in [1.807, 2.05) is 0 Å². The molecule has 1 aliphatic rings. The molecule has 0 aliphatic carbocycles. The number of hydrogen-bond donors (Lipinski definition) is 2. The number of hydrogen-bond acceptors (Lipinski definition) is 9. The summed E-state index contributed by atoms with van der Waals surface area (Å²) in [4.78, 5) is 47.0. The summed E-state index contributed by atoms with van der Waals surface area (Å²) in [5, 5.41) is 20.9. The molecule has 0 bridgehead atoms. The SMILES string of the molecule is CCOc1cc(/C=C2/SC(=S)N(NC(=O)c3cccc([N+](=O)[O-])c3)C2=O)ccc1OC(C)C(=O)O.